The lowest BCUT2D eigenvalue weighted by Gasteiger charge is -1.96. The number of aromatic nitrogens is 2. The van der Waals surface area contributed by atoms with E-state index >= 15 is 0 Å². The maximum atomic E-state index is 12.4. The molecular formula is C19H18N2OS. The van der Waals surface area contributed by atoms with Crippen LogP contribution < -0.4 is 0 Å². The number of carbonyl (C=O) groups is 1. The highest BCUT2D eigenvalue weighted by Crippen LogP contribution is 2.28. The van der Waals surface area contributed by atoms with Crippen LogP contribution in [0.5, 0.6) is 0 Å². The Balaban J connectivity index is 1.81. The fourth-order valence-electron chi connectivity index (χ4n) is 2.57. The van der Waals surface area contributed by atoms with Crippen molar-refractivity contribution in [1.29, 1.82) is 0 Å². The lowest BCUT2D eigenvalue weighted by Crippen LogP contribution is -1.99. The number of allylic oxidation sites excluding steroid dienone is 1. The molecule has 2 aromatic heterocycles. The molecule has 1 aromatic carbocycles. The molecule has 0 unspecified atom stereocenters. The Hall–Kier alpha value is -2.46. The molecule has 0 aliphatic rings. The number of carbonyl (C=O) groups excluding carboxylic acids is 1. The summed E-state index contributed by atoms with van der Waals surface area (Å²) in [5.74, 6) is 0.00256. The summed E-state index contributed by atoms with van der Waals surface area (Å²) in [5, 5.41) is 4.30. The van der Waals surface area contributed by atoms with Crippen LogP contribution in [0, 0.1) is 13.8 Å². The summed E-state index contributed by atoms with van der Waals surface area (Å²) in [6.07, 6.45) is 3.52. The average Bonchev–Trinajstić information content (AvgIpc) is 3.11. The smallest absolute Gasteiger partial charge is 0.189 e. The first-order valence-electron chi connectivity index (χ1n) is 7.44. The second kappa shape index (κ2) is 6.34. The third kappa shape index (κ3) is 3.17. The first kappa shape index (κ1) is 15.4. The summed E-state index contributed by atoms with van der Waals surface area (Å²) in [4.78, 5) is 14.7. The molecule has 0 atom stereocenters. The van der Waals surface area contributed by atoms with Gasteiger partial charge in [-0.3, -0.25) is 9.48 Å². The molecule has 0 saturated heterocycles. The van der Waals surface area contributed by atoms with Gasteiger partial charge in [0, 0.05) is 22.5 Å². The molecule has 0 amide bonds. The fourth-order valence-corrected chi connectivity index (χ4v) is 3.49. The largest absolute Gasteiger partial charge is 0.289 e. The van der Waals surface area contributed by atoms with Crippen molar-refractivity contribution < 1.29 is 4.79 Å². The first-order valence-corrected chi connectivity index (χ1v) is 8.26. The van der Waals surface area contributed by atoms with Gasteiger partial charge in [-0.15, -0.1) is 11.3 Å². The molecule has 4 heteroatoms. The van der Waals surface area contributed by atoms with E-state index in [1.807, 2.05) is 51.2 Å². The summed E-state index contributed by atoms with van der Waals surface area (Å²) >= 11 is 1.68. The number of ketones is 1. The number of aryl methyl sites for hydroxylation is 2. The van der Waals surface area contributed by atoms with Crippen molar-refractivity contribution in [2.75, 3.05) is 0 Å². The maximum Gasteiger partial charge on any atom is 0.189 e. The van der Waals surface area contributed by atoms with Crippen LogP contribution >= 0.6 is 11.3 Å². The zero-order valence-electron chi connectivity index (χ0n) is 13.4. The molecule has 23 heavy (non-hydrogen) atoms. The first-order chi connectivity index (χ1) is 11.1. The van der Waals surface area contributed by atoms with Crippen molar-refractivity contribution >= 4 is 23.2 Å². The second-order valence-corrected chi connectivity index (χ2v) is 6.55. The van der Waals surface area contributed by atoms with Crippen LogP contribution in [0.4, 0.5) is 0 Å². The van der Waals surface area contributed by atoms with Gasteiger partial charge in [-0.05, 0) is 43.7 Å². The Labute approximate surface area is 139 Å². The van der Waals surface area contributed by atoms with Gasteiger partial charge in [-0.25, -0.2) is 0 Å². The summed E-state index contributed by atoms with van der Waals surface area (Å²) < 4.78 is 1.75. The van der Waals surface area contributed by atoms with Crippen LogP contribution in [0.15, 0.2) is 48.5 Å². The van der Waals surface area contributed by atoms with Crippen LogP contribution in [-0.2, 0) is 7.05 Å². The third-order valence-corrected chi connectivity index (χ3v) is 4.94. The van der Waals surface area contributed by atoms with Gasteiger partial charge < -0.3 is 0 Å². The normalized spacial score (nSPS) is 11.3. The SMILES string of the molecule is Cc1nn(C)c(C)c1C(=O)/C=C/c1ccc(-c2ccccc2)s1. The van der Waals surface area contributed by atoms with Gasteiger partial charge in [0.15, 0.2) is 5.78 Å². The molecule has 116 valence electrons. The topological polar surface area (TPSA) is 34.9 Å². The van der Waals surface area contributed by atoms with E-state index < -0.39 is 0 Å². The van der Waals surface area contributed by atoms with E-state index in [-0.39, 0.29) is 5.78 Å². The van der Waals surface area contributed by atoms with Gasteiger partial charge in [-0.2, -0.15) is 5.10 Å². The minimum Gasteiger partial charge on any atom is -0.289 e. The maximum absolute atomic E-state index is 12.4. The second-order valence-electron chi connectivity index (χ2n) is 5.44. The molecule has 0 spiro atoms. The molecule has 0 fully saturated rings. The van der Waals surface area contributed by atoms with Gasteiger partial charge in [0.25, 0.3) is 0 Å². The Morgan fingerprint density at radius 1 is 1.13 bits per heavy atom. The molecule has 3 rings (SSSR count). The van der Waals surface area contributed by atoms with Crippen molar-refractivity contribution in [3.63, 3.8) is 0 Å². The fraction of sp³-hybridized carbons (Fsp3) is 0.158. The van der Waals surface area contributed by atoms with Crippen LogP contribution in [-0.4, -0.2) is 15.6 Å². The van der Waals surface area contributed by atoms with Crippen LogP contribution in [0.2, 0.25) is 0 Å². The zero-order valence-corrected chi connectivity index (χ0v) is 14.2. The summed E-state index contributed by atoms with van der Waals surface area (Å²) in [6, 6.07) is 14.4. The number of thiophene rings is 1. The number of benzene rings is 1. The molecule has 0 bridgehead atoms. The average molecular weight is 322 g/mol. The predicted molar refractivity (Wildman–Crippen MR) is 95.8 cm³/mol. The highest BCUT2D eigenvalue weighted by atomic mass is 32.1. The van der Waals surface area contributed by atoms with E-state index in [2.05, 4.69) is 23.3 Å². The minimum absolute atomic E-state index is 0.00256. The van der Waals surface area contributed by atoms with E-state index in [9.17, 15) is 4.79 Å². The molecule has 3 nitrogen and oxygen atoms in total. The lowest BCUT2D eigenvalue weighted by molar-refractivity contribution is 0.104. The standard InChI is InChI=1S/C19H18N2OS/c1-13-19(14(2)21(3)20-13)17(22)11-9-16-10-12-18(23-16)15-7-5-4-6-8-15/h4-12H,1-3H3/b11-9+. The van der Waals surface area contributed by atoms with Gasteiger partial charge >= 0.3 is 0 Å². The predicted octanol–water partition coefficient (Wildman–Crippen LogP) is 4.66. The summed E-state index contributed by atoms with van der Waals surface area (Å²) in [7, 11) is 1.86. The van der Waals surface area contributed by atoms with Crippen molar-refractivity contribution in [3.8, 4) is 10.4 Å². The monoisotopic (exact) mass is 322 g/mol. The van der Waals surface area contributed by atoms with Crippen molar-refractivity contribution in [2.24, 2.45) is 7.05 Å². The number of rotatable bonds is 4. The van der Waals surface area contributed by atoms with Gasteiger partial charge in [0.05, 0.1) is 11.3 Å². The summed E-state index contributed by atoms with van der Waals surface area (Å²) in [5.41, 5.74) is 3.56. The lowest BCUT2D eigenvalue weighted by atomic mass is 10.1. The Kier molecular flexibility index (Phi) is 4.26. The highest BCUT2D eigenvalue weighted by Gasteiger charge is 2.14. The van der Waals surface area contributed by atoms with Crippen LogP contribution in [0.3, 0.4) is 0 Å². The third-order valence-electron chi connectivity index (χ3n) is 3.84. The van der Waals surface area contributed by atoms with Crippen molar-refractivity contribution in [1.82, 2.24) is 9.78 Å². The molecule has 0 N–H and O–H groups in total. The van der Waals surface area contributed by atoms with E-state index in [0.717, 1.165) is 16.3 Å². The highest BCUT2D eigenvalue weighted by molar-refractivity contribution is 7.16. The van der Waals surface area contributed by atoms with Gasteiger partial charge in [0.2, 0.25) is 0 Å². The molecule has 0 radical (unpaired) electrons. The molecule has 0 saturated carbocycles. The molecule has 2 heterocycles. The Morgan fingerprint density at radius 2 is 1.87 bits per heavy atom. The summed E-state index contributed by atoms with van der Waals surface area (Å²) in [6.45, 7) is 3.78. The number of nitrogens with zero attached hydrogens (tertiary/aromatic N) is 2. The minimum atomic E-state index is 0.00256. The van der Waals surface area contributed by atoms with Crippen molar-refractivity contribution in [3.05, 3.63) is 70.4 Å². The van der Waals surface area contributed by atoms with E-state index in [0.29, 0.717) is 5.56 Å². The van der Waals surface area contributed by atoms with E-state index in [1.165, 1.54) is 10.4 Å². The van der Waals surface area contributed by atoms with Crippen LogP contribution in [0.1, 0.15) is 26.6 Å². The van der Waals surface area contributed by atoms with Gasteiger partial charge in [0.1, 0.15) is 0 Å². The molecule has 0 aliphatic heterocycles. The number of hydrogen-bond acceptors (Lipinski definition) is 3. The molecule has 3 aromatic rings. The van der Waals surface area contributed by atoms with Crippen molar-refractivity contribution in [2.45, 2.75) is 13.8 Å². The van der Waals surface area contributed by atoms with Crippen LogP contribution in [0.25, 0.3) is 16.5 Å². The number of hydrogen-bond donors (Lipinski definition) is 0. The quantitative estimate of drug-likeness (QED) is 0.517. The Bertz CT molecular complexity index is 872. The molecule has 0 aliphatic carbocycles. The zero-order chi connectivity index (χ0) is 16.4. The molecular weight excluding hydrogens is 304 g/mol. The van der Waals surface area contributed by atoms with E-state index in [4.69, 9.17) is 0 Å². The van der Waals surface area contributed by atoms with Gasteiger partial charge in [-0.1, -0.05) is 30.3 Å². The Morgan fingerprint density at radius 3 is 2.52 bits per heavy atom. The van der Waals surface area contributed by atoms with E-state index in [1.54, 1.807) is 22.1 Å².